The molecular weight excluding hydrogens is 256 g/mol. The largest absolute Gasteiger partial charge is 0.497 e. The molecule has 19 heavy (non-hydrogen) atoms. The van der Waals surface area contributed by atoms with Crippen molar-refractivity contribution in [1.82, 2.24) is 0 Å². The Balaban J connectivity index is 2.06. The molecule has 0 bridgehead atoms. The number of ether oxygens (including phenoxy) is 1. The highest BCUT2D eigenvalue weighted by molar-refractivity contribution is 8.00. The maximum Gasteiger partial charge on any atom is 0.175 e. The Bertz CT molecular complexity index is 534. The summed E-state index contributed by atoms with van der Waals surface area (Å²) in [6, 6.07) is 17.2. The molecule has 0 amide bonds. The van der Waals surface area contributed by atoms with Gasteiger partial charge in [-0.2, -0.15) is 0 Å². The lowest BCUT2D eigenvalue weighted by Gasteiger charge is -2.10. The minimum absolute atomic E-state index is 0.101. The number of carbonyl (C=O) groups excluding carboxylic acids is 1. The summed E-state index contributed by atoms with van der Waals surface area (Å²) in [5.41, 5.74) is 0.719. The summed E-state index contributed by atoms with van der Waals surface area (Å²) in [4.78, 5) is 13.4. The number of carbonyl (C=O) groups is 1. The zero-order chi connectivity index (χ0) is 13.7. The summed E-state index contributed by atoms with van der Waals surface area (Å²) in [6.07, 6.45) is 0. The van der Waals surface area contributed by atoms with Gasteiger partial charge in [-0.15, -0.1) is 11.8 Å². The standard InChI is InChI=1S/C16H16O2S/c1-12(19-15-6-4-3-5-7-15)16(17)13-8-10-14(18-2)11-9-13/h3-12H,1-2H3. The van der Waals surface area contributed by atoms with Gasteiger partial charge in [-0.3, -0.25) is 4.79 Å². The lowest BCUT2D eigenvalue weighted by Crippen LogP contribution is -2.13. The number of ketones is 1. The van der Waals surface area contributed by atoms with Crippen molar-refractivity contribution in [2.24, 2.45) is 0 Å². The first-order chi connectivity index (χ1) is 9.20. The third-order valence-corrected chi connectivity index (χ3v) is 3.91. The maximum absolute atomic E-state index is 12.3. The van der Waals surface area contributed by atoms with Crippen LogP contribution in [0.25, 0.3) is 0 Å². The molecule has 2 aromatic rings. The lowest BCUT2D eigenvalue weighted by atomic mass is 10.1. The fourth-order valence-electron chi connectivity index (χ4n) is 1.75. The molecule has 98 valence electrons. The molecule has 0 saturated heterocycles. The number of hydrogen-bond acceptors (Lipinski definition) is 3. The van der Waals surface area contributed by atoms with Crippen LogP contribution in [0.2, 0.25) is 0 Å². The van der Waals surface area contributed by atoms with E-state index in [1.54, 1.807) is 18.9 Å². The van der Waals surface area contributed by atoms with Crippen molar-refractivity contribution in [2.45, 2.75) is 17.1 Å². The van der Waals surface area contributed by atoms with Gasteiger partial charge in [-0.25, -0.2) is 0 Å². The maximum atomic E-state index is 12.3. The molecule has 0 aliphatic heterocycles. The molecule has 1 unspecified atom stereocenters. The molecule has 1 atom stereocenters. The van der Waals surface area contributed by atoms with Gasteiger partial charge >= 0.3 is 0 Å². The molecule has 0 spiro atoms. The van der Waals surface area contributed by atoms with Crippen LogP contribution in [0.5, 0.6) is 5.75 Å². The van der Waals surface area contributed by atoms with Crippen molar-refractivity contribution >= 4 is 17.5 Å². The Morgan fingerprint density at radius 3 is 2.26 bits per heavy atom. The minimum Gasteiger partial charge on any atom is -0.497 e. The van der Waals surface area contributed by atoms with Crippen LogP contribution in [-0.4, -0.2) is 18.1 Å². The highest BCUT2D eigenvalue weighted by Gasteiger charge is 2.16. The summed E-state index contributed by atoms with van der Waals surface area (Å²) in [5, 5.41) is -0.101. The van der Waals surface area contributed by atoms with Crippen LogP contribution in [0, 0.1) is 0 Å². The first-order valence-corrected chi connectivity index (χ1v) is 6.98. The van der Waals surface area contributed by atoms with Gasteiger partial charge in [0.05, 0.1) is 12.4 Å². The van der Waals surface area contributed by atoms with Crippen LogP contribution in [0.4, 0.5) is 0 Å². The summed E-state index contributed by atoms with van der Waals surface area (Å²) in [6.45, 7) is 1.93. The minimum atomic E-state index is -0.101. The Morgan fingerprint density at radius 2 is 1.68 bits per heavy atom. The van der Waals surface area contributed by atoms with E-state index in [4.69, 9.17) is 4.74 Å². The molecule has 2 rings (SSSR count). The van der Waals surface area contributed by atoms with Crippen LogP contribution >= 0.6 is 11.8 Å². The van der Waals surface area contributed by atoms with Crippen LogP contribution < -0.4 is 4.74 Å². The van der Waals surface area contributed by atoms with E-state index in [1.807, 2.05) is 61.5 Å². The predicted molar refractivity (Wildman–Crippen MR) is 79.1 cm³/mol. The Kier molecular flexibility index (Phi) is 4.63. The molecular formula is C16H16O2S. The smallest absolute Gasteiger partial charge is 0.175 e. The average molecular weight is 272 g/mol. The Morgan fingerprint density at radius 1 is 1.05 bits per heavy atom. The van der Waals surface area contributed by atoms with Gasteiger partial charge in [0.2, 0.25) is 0 Å². The van der Waals surface area contributed by atoms with Gasteiger partial charge in [-0.05, 0) is 43.3 Å². The third-order valence-electron chi connectivity index (χ3n) is 2.80. The fraction of sp³-hybridized carbons (Fsp3) is 0.188. The molecule has 0 radical (unpaired) electrons. The quantitative estimate of drug-likeness (QED) is 0.606. The van der Waals surface area contributed by atoms with E-state index >= 15 is 0 Å². The van der Waals surface area contributed by atoms with E-state index in [1.165, 1.54) is 0 Å². The first kappa shape index (κ1) is 13.7. The van der Waals surface area contributed by atoms with Crippen molar-refractivity contribution in [3.05, 3.63) is 60.2 Å². The number of rotatable bonds is 5. The molecule has 0 aromatic heterocycles. The van der Waals surface area contributed by atoms with E-state index < -0.39 is 0 Å². The van der Waals surface area contributed by atoms with E-state index in [9.17, 15) is 4.79 Å². The number of Topliss-reactive ketones (excluding diaryl/α,β-unsaturated/α-hetero) is 1. The molecule has 2 nitrogen and oxygen atoms in total. The number of methoxy groups -OCH3 is 1. The SMILES string of the molecule is COc1ccc(C(=O)C(C)Sc2ccccc2)cc1. The molecule has 0 saturated carbocycles. The highest BCUT2D eigenvalue weighted by atomic mass is 32.2. The van der Waals surface area contributed by atoms with Gasteiger partial charge < -0.3 is 4.74 Å². The van der Waals surface area contributed by atoms with Gasteiger partial charge in [0.25, 0.3) is 0 Å². The van der Waals surface area contributed by atoms with Crippen molar-refractivity contribution in [2.75, 3.05) is 7.11 Å². The van der Waals surface area contributed by atoms with Gasteiger partial charge in [0, 0.05) is 10.5 Å². The second kappa shape index (κ2) is 6.43. The monoisotopic (exact) mass is 272 g/mol. The molecule has 3 heteroatoms. The highest BCUT2D eigenvalue weighted by Crippen LogP contribution is 2.25. The zero-order valence-electron chi connectivity index (χ0n) is 11.0. The molecule has 0 aliphatic carbocycles. The summed E-state index contributed by atoms with van der Waals surface area (Å²) in [5.74, 6) is 0.899. The van der Waals surface area contributed by atoms with Crippen LogP contribution in [0.15, 0.2) is 59.5 Å². The van der Waals surface area contributed by atoms with Crippen molar-refractivity contribution < 1.29 is 9.53 Å². The molecule has 0 fully saturated rings. The van der Waals surface area contributed by atoms with Crippen molar-refractivity contribution in [3.63, 3.8) is 0 Å². The second-order valence-corrected chi connectivity index (χ2v) is 5.58. The van der Waals surface area contributed by atoms with E-state index in [2.05, 4.69) is 0 Å². The Hall–Kier alpha value is -1.74. The van der Waals surface area contributed by atoms with Crippen LogP contribution in [0.3, 0.4) is 0 Å². The molecule has 0 N–H and O–H groups in total. The van der Waals surface area contributed by atoms with Crippen LogP contribution in [-0.2, 0) is 0 Å². The summed E-state index contributed by atoms with van der Waals surface area (Å²) in [7, 11) is 1.62. The van der Waals surface area contributed by atoms with Crippen LogP contribution in [0.1, 0.15) is 17.3 Å². The number of thioether (sulfide) groups is 1. The topological polar surface area (TPSA) is 26.3 Å². The van der Waals surface area contributed by atoms with Gasteiger partial charge in [0.15, 0.2) is 5.78 Å². The molecule has 2 aromatic carbocycles. The summed E-state index contributed by atoms with van der Waals surface area (Å²) < 4.78 is 5.09. The first-order valence-electron chi connectivity index (χ1n) is 6.10. The molecule has 0 heterocycles. The predicted octanol–water partition coefficient (Wildman–Crippen LogP) is 4.06. The summed E-state index contributed by atoms with van der Waals surface area (Å²) >= 11 is 1.58. The molecule has 0 aliphatic rings. The van der Waals surface area contributed by atoms with Crippen molar-refractivity contribution in [1.29, 1.82) is 0 Å². The number of hydrogen-bond donors (Lipinski definition) is 0. The third kappa shape index (κ3) is 3.61. The van der Waals surface area contributed by atoms with Gasteiger partial charge in [0.1, 0.15) is 5.75 Å². The normalized spacial score (nSPS) is 11.9. The van der Waals surface area contributed by atoms with Crippen molar-refractivity contribution in [3.8, 4) is 5.75 Å². The lowest BCUT2D eigenvalue weighted by molar-refractivity contribution is 0.0994. The second-order valence-electron chi connectivity index (χ2n) is 4.17. The Labute approximate surface area is 117 Å². The zero-order valence-corrected chi connectivity index (χ0v) is 11.8. The average Bonchev–Trinajstić information content (AvgIpc) is 2.47. The van der Waals surface area contributed by atoms with E-state index in [-0.39, 0.29) is 11.0 Å². The fourth-order valence-corrected chi connectivity index (χ4v) is 2.71. The number of benzene rings is 2. The van der Waals surface area contributed by atoms with E-state index in [0.29, 0.717) is 0 Å². The van der Waals surface area contributed by atoms with E-state index in [0.717, 1.165) is 16.2 Å². The van der Waals surface area contributed by atoms with Gasteiger partial charge in [-0.1, -0.05) is 18.2 Å².